The van der Waals surface area contributed by atoms with Crippen LogP contribution in [0.2, 0.25) is 0 Å². The molecule has 0 aromatic rings. The van der Waals surface area contributed by atoms with Gasteiger partial charge in [0, 0.05) is 19.8 Å². The van der Waals surface area contributed by atoms with E-state index in [9.17, 15) is 0 Å². The van der Waals surface area contributed by atoms with E-state index >= 15 is 0 Å². The molecule has 17 heavy (non-hydrogen) atoms. The van der Waals surface area contributed by atoms with Gasteiger partial charge in [-0.15, -0.1) is 0 Å². The van der Waals surface area contributed by atoms with E-state index in [1.54, 1.807) is 7.11 Å². The van der Waals surface area contributed by atoms with Crippen molar-refractivity contribution >= 4 is 0 Å². The lowest BCUT2D eigenvalue weighted by molar-refractivity contribution is 0.166. The zero-order valence-electron chi connectivity index (χ0n) is 11.6. The molecule has 3 N–H and O–H groups in total. The molecule has 0 amide bonds. The van der Waals surface area contributed by atoms with Gasteiger partial charge in [-0.05, 0) is 31.1 Å². The highest BCUT2D eigenvalue weighted by molar-refractivity contribution is 4.74. The zero-order chi connectivity index (χ0) is 12.5. The largest absolute Gasteiger partial charge is 0.385 e. The molecule has 0 aromatic carbocycles. The molecule has 0 saturated heterocycles. The number of nitrogens with one attached hydrogen (secondary N) is 1. The third-order valence-corrected chi connectivity index (χ3v) is 4.29. The van der Waals surface area contributed by atoms with Gasteiger partial charge in [0.2, 0.25) is 0 Å². The molecule has 0 bridgehead atoms. The van der Waals surface area contributed by atoms with Crippen LogP contribution in [0.5, 0.6) is 0 Å². The van der Waals surface area contributed by atoms with Gasteiger partial charge >= 0.3 is 0 Å². The standard InChI is InChI=1S/C14H30N2O/c1-12(10-11-17-2)14(16-15)9-8-13-6-4-3-5-7-13/h12-14,16H,3-11,15H2,1-2H3. The van der Waals surface area contributed by atoms with Crippen LogP contribution in [0.15, 0.2) is 0 Å². The molecule has 1 rings (SSSR count). The first kappa shape index (κ1) is 14.9. The first-order chi connectivity index (χ1) is 8.27. The van der Waals surface area contributed by atoms with E-state index in [1.807, 2.05) is 0 Å². The minimum atomic E-state index is 0.451. The van der Waals surface area contributed by atoms with Crippen molar-refractivity contribution in [3.8, 4) is 0 Å². The van der Waals surface area contributed by atoms with Crippen molar-refractivity contribution in [2.24, 2.45) is 17.7 Å². The lowest BCUT2D eigenvalue weighted by Gasteiger charge is -2.27. The maximum atomic E-state index is 5.67. The van der Waals surface area contributed by atoms with E-state index in [-0.39, 0.29) is 0 Å². The summed E-state index contributed by atoms with van der Waals surface area (Å²) in [7, 11) is 1.76. The van der Waals surface area contributed by atoms with E-state index in [2.05, 4.69) is 12.3 Å². The Bertz CT molecular complexity index is 181. The van der Waals surface area contributed by atoms with E-state index in [4.69, 9.17) is 10.6 Å². The molecule has 1 aliphatic rings. The quantitative estimate of drug-likeness (QED) is 0.508. The third-order valence-electron chi connectivity index (χ3n) is 4.29. The summed E-state index contributed by atoms with van der Waals surface area (Å²) in [6.45, 7) is 3.10. The Morgan fingerprint density at radius 2 is 1.94 bits per heavy atom. The average Bonchev–Trinajstić information content (AvgIpc) is 2.38. The van der Waals surface area contributed by atoms with Crippen molar-refractivity contribution in [3.05, 3.63) is 0 Å². The Morgan fingerprint density at radius 3 is 2.53 bits per heavy atom. The van der Waals surface area contributed by atoms with Crippen molar-refractivity contribution in [1.82, 2.24) is 5.43 Å². The molecule has 1 saturated carbocycles. The molecule has 0 aromatic heterocycles. The summed E-state index contributed by atoms with van der Waals surface area (Å²) in [5, 5.41) is 0. The second-order valence-electron chi connectivity index (χ2n) is 5.61. The van der Waals surface area contributed by atoms with Crippen molar-refractivity contribution in [2.75, 3.05) is 13.7 Å². The fraction of sp³-hybridized carbons (Fsp3) is 1.00. The molecule has 2 atom stereocenters. The summed E-state index contributed by atoms with van der Waals surface area (Å²) >= 11 is 0. The van der Waals surface area contributed by atoms with Crippen LogP contribution < -0.4 is 11.3 Å². The predicted molar refractivity (Wildman–Crippen MR) is 72.6 cm³/mol. The average molecular weight is 242 g/mol. The predicted octanol–water partition coefficient (Wildman–Crippen LogP) is 2.85. The third kappa shape index (κ3) is 5.84. The molecule has 2 unspecified atom stereocenters. The van der Waals surface area contributed by atoms with Gasteiger partial charge in [-0.3, -0.25) is 11.3 Å². The first-order valence-corrected chi connectivity index (χ1v) is 7.23. The lowest BCUT2D eigenvalue weighted by atomic mass is 9.83. The van der Waals surface area contributed by atoms with Crippen molar-refractivity contribution in [1.29, 1.82) is 0 Å². The van der Waals surface area contributed by atoms with Crippen LogP contribution in [0.4, 0.5) is 0 Å². The highest BCUT2D eigenvalue weighted by Crippen LogP contribution is 2.28. The minimum absolute atomic E-state index is 0.451. The van der Waals surface area contributed by atoms with Crippen LogP contribution in [0.25, 0.3) is 0 Å². The van der Waals surface area contributed by atoms with Crippen LogP contribution in [-0.2, 0) is 4.74 Å². The molecule has 3 nitrogen and oxygen atoms in total. The minimum Gasteiger partial charge on any atom is -0.385 e. The maximum Gasteiger partial charge on any atom is 0.0465 e. The van der Waals surface area contributed by atoms with Gasteiger partial charge in [-0.1, -0.05) is 39.0 Å². The molecule has 3 heteroatoms. The summed E-state index contributed by atoms with van der Waals surface area (Å²) < 4.78 is 5.13. The Kier molecular flexibility index (Phi) is 7.82. The van der Waals surface area contributed by atoms with Gasteiger partial charge in [-0.2, -0.15) is 0 Å². The van der Waals surface area contributed by atoms with Crippen LogP contribution in [-0.4, -0.2) is 19.8 Å². The van der Waals surface area contributed by atoms with Crippen LogP contribution in [0, 0.1) is 11.8 Å². The lowest BCUT2D eigenvalue weighted by Crippen LogP contribution is -2.40. The van der Waals surface area contributed by atoms with E-state index in [1.165, 1.54) is 44.9 Å². The Hall–Kier alpha value is -0.120. The summed E-state index contributed by atoms with van der Waals surface area (Å²) in [5.74, 6) is 7.22. The Balaban J connectivity index is 2.20. The fourth-order valence-corrected chi connectivity index (χ4v) is 2.93. The normalized spacial score (nSPS) is 21.4. The van der Waals surface area contributed by atoms with Gasteiger partial charge in [0.15, 0.2) is 0 Å². The summed E-state index contributed by atoms with van der Waals surface area (Å²) in [5.41, 5.74) is 2.99. The number of hydrazine groups is 1. The second-order valence-corrected chi connectivity index (χ2v) is 5.61. The van der Waals surface area contributed by atoms with E-state index < -0.39 is 0 Å². The number of ether oxygens (including phenoxy) is 1. The van der Waals surface area contributed by atoms with E-state index in [0.717, 1.165) is 18.9 Å². The van der Waals surface area contributed by atoms with Crippen LogP contribution in [0.1, 0.15) is 58.3 Å². The summed E-state index contributed by atoms with van der Waals surface area (Å²) in [4.78, 5) is 0. The molecule has 102 valence electrons. The molecule has 1 aliphatic carbocycles. The fourth-order valence-electron chi connectivity index (χ4n) is 2.93. The van der Waals surface area contributed by atoms with Gasteiger partial charge in [0.05, 0.1) is 0 Å². The molecule has 1 fully saturated rings. The van der Waals surface area contributed by atoms with Crippen LogP contribution in [0.3, 0.4) is 0 Å². The molecular formula is C14H30N2O. The monoisotopic (exact) mass is 242 g/mol. The SMILES string of the molecule is COCCC(C)C(CCC1CCCCC1)NN. The molecule has 0 radical (unpaired) electrons. The van der Waals surface area contributed by atoms with Gasteiger partial charge in [0.25, 0.3) is 0 Å². The smallest absolute Gasteiger partial charge is 0.0465 e. The Morgan fingerprint density at radius 1 is 1.24 bits per heavy atom. The Labute approximate surface area is 106 Å². The molecule has 0 heterocycles. The summed E-state index contributed by atoms with van der Waals surface area (Å²) in [6.07, 6.45) is 10.8. The second kappa shape index (κ2) is 8.90. The van der Waals surface area contributed by atoms with Crippen molar-refractivity contribution in [3.63, 3.8) is 0 Å². The van der Waals surface area contributed by atoms with E-state index in [0.29, 0.717) is 12.0 Å². The highest BCUT2D eigenvalue weighted by atomic mass is 16.5. The number of hydrogen-bond acceptors (Lipinski definition) is 3. The van der Waals surface area contributed by atoms with Crippen molar-refractivity contribution < 1.29 is 4.74 Å². The van der Waals surface area contributed by atoms with Crippen molar-refractivity contribution in [2.45, 2.75) is 64.3 Å². The number of nitrogens with two attached hydrogens (primary N) is 1. The number of rotatable bonds is 8. The summed E-state index contributed by atoms with van der Waals surface area (Å²) in [6, 6.07) is 0.451. The molecular weight excluding hydrogens is 212 g/mol. The van der Waals surface area contributed by atoms with Gasteiger partial charge in [0.1, 0.15) is 0 Å². The maximum absolute atomic E-state index is 5.67. The first-order valence-electron chi connectivity index (χ1n) is 7.23. The molecule has 0 aliphatic heterocycles. The molecule has 0 spiro atoms. The van der Waals surface area contributed by atoms with Gasteiger partial charge < -0.3 is 4.74 Å². The number of methoxy groups -OCH3 is 1. The topological polar surface area (TPSA) is 47.3 Å². The van der Waals surface area contributed by atoms with Gasteiger partial charge in [-0.25, -0.2) is 0 Å². The zero-order valence-corrected chi connectivity index (χ0v) is 11.6. The highest BCUT2D eigenvalue weighted by Gasteiger charge is 2.19. The van der Waals surface area contributed by atoms with Crippen LogP contribution >= 0.6 is 0 Å². The number of hydrogen-bond donors (Lipinski definition) is 2.